The summed E-state index contributed by atoms with van der Waals surface area (Å²) < 4.78 is 0. The summed E-state index contributed by atoms with van der Waals surface area (Å²) in [6, 6.07) is 19.0. The van der Waals surface area contributed by atoms with Crippen molar-refractivity contribution in [1.82, 2.24) is 4.98 Å². The number of rotatable bonds is 3. The zero-order chi connectivity index (χ0) is 12.4. The zero-order valence-corrected chi connectivity index (χ0v) is 10.4. The van der Waals surface area contributed by atoms with Gasteiger partial charge in [0.25, 0.3) is 0 Å². The third-order valence-corrected chi connectivity index (χ3v) is 3.24. The van der Waals surface area contributed by atoms with Crippen molar-refractivity contribution in [2.24, 2.45) is 0 Å². The van der Waals surface area contributed by atoms with E-state index in [0.29, 0.717) is 0 Å². The molecule has 1 heterocycles. The van der Waals surface area contributed by atoms with Gasteiger partial charge in [0, 0.05) is 22.8 Å². The molecular weight excluding hydrogens is 220 g/mol. The van der Waals surface area contributed by atoms with Crippen molar-refractivity contribution in [3.8, 4) is 0 Å². The molecule has 0 amide bonds. The van der Waals surface area contributed by atoms with Crippen LogP contribution < -0.4 is 5.32 Å². The van der Waals surface area contributed by atoms with Crippen molar-refractivity contribution in [3.63, 3.8) is 0 Å². The van der Waals surface area contributed by atoms with E-state index in [9.17, 15) is 0 Å². The average Bonchev–Trinajstić information content (AvgIpc) is 2.84. The summed E-state index contributed by atoms with van der Waals surface area (Å²) in [6.45, 7) is 2.18. The van der Waals surface area contributed by atoms with Crippen LogP contribution in [0.4, 0.5) is 5.69 Å². The number of para-hydroxylation sites is 2. The van der Waals surface area contributed by atoms with Crippen molar-refractivity contribution in [2.75, 3.05) is 5.32 Å². The van der Waals surface area contributed by atoms with E-state index >= 15 is 0 Å². The summed E-state index contributed by atoms with van der Waals surface area (Å²) in [7, 11) is 0. The van der Waals surface area contributed by atoms with Crippen LogP contribution in [0.1, 0.15) is 18.5 Å². The third-order valence-electron chi connectivity index (χ3n) is 3.24. The predicted molar refractivity (Wildman–Crippen MR) is 76.8 cm³/mol. The first-order valence-electron chi connectivity index (χ1n) is 6.22. The summed E-state index contributed by atoms with van der Waals surface area (Å²) in [6.07, 6.45) is 2.09. The standard InChI is InChI=1S/C16H16N2/c1-12(18-13-7-3-2-4-8-13)15-11-17-16-10-6-5-9-14(15)16/h2-12,17-18H,1H3. The topological polar surface area (TPSA) is 27.8 Å². The van der Waals surface area contributed by atoms with E-state index in [1.807, 2.05) is 18.2 Å². The van der Waals surface area contributed by atoms with Gasteiger partial charge in [-0.1, -0.05) is 36.4 Å². The summed E-state index contributed by atoms with van der Waals surface area (Å²) >= 11 is 0. The Hall–Kier alpha value is -2.22. The monoisotopic (exact) mass is 236 g/mol. The van der Waals surface area contributed by atoms with Gasteiger partial charge in [0.1, 0.15) is 0 Å². The van der Waals surface area contributed by atoms with E-state index in [4.69, 9.17) is 0 Å². The molecule has 90 valence electrons. The van der Waals surface area contributed by atoms with Gasteiger partial charge in [-0.3, -0.25) is 0 Å². The molecule has 0 bridgehead atoms. The van der Waals surface area contributed by atoms with Crippen molar-refractivity contribution < 1.29 is 0 Å². The highest BCUT2D eigenvalue weighted by Gasteiger charge is 2.10. The van der Waals surface area contributed by atoms with Gasteiger partial charge >= 0.3 is 0 Å². The maximum Gasteiger partial charge on any atom is 0.0506 e. The van der Waals surface area contributed by atoms with E-state index in [-0.39, 0.29) is 6.04 Å². The van der Waals surface area contributed by atoms with Crippen LogP contribution in [0.15, 0.2) is 60.8 Å². The number of nitrogens with one attached hydrogen (secondary N) is 2. The van der Waals surface area contributed by atoms with Crippen molar-refractivity contribution in [1.29, 1.82) is 0 Å². The number of fused-ring (bicyclic) bond motifs is 1. The van der Waals surface area contributed by atoms with Crippen LogP contribution in [0, 0.1) is 0 Å². The van der Waals surface area contributed by atoms with Gasteiger partial charge in [0.2, 0.25) is 0 Å². The van der Waals surface area contributed by atoms with Gasteiger partial charge in [-0.05, 0) is 30.7 Å². The normalized spacial score (nSPS) is 12.5. The largest absolute Gasteiger partial charge is 0.378 e. The Morgan fingerprint density at radius 3 is 2.50 bits per heavy atom. The Kier molecular flexibility index (Phi) is 2.77. The Labute approximate surface area is 107 Å². The fraction of sp³-hybridized carbons (Fsp3) is 0.125. The summed E-state index contributed by atoms with van der Waals surface area (Å²) in [5.41, 5.74) is 3.64. The highest BCUT2D eigenvalue weighted by Crippen LogP contribution is 2.26. The number of H-pyrrole nitrogens is 1. The lowest BCUT2D eigenvalue weighted by Crippen LogP contribution is -2.05. The number of hydrogen-bond acceptors (Lipinski definition) is 1. The van der Waals surface area contributed by atoms with Gasteiger partial charge in [0.05, 0.1) is 6.04 Å². The van der Waals surface area contributed by atoms with Crippen molar-refractivity contribution in [2.45, 2.75) is 13.0 Å². The van der Waals surface area contributed by atoms with Gasteiger partial charge in [-0.15, -0.1) is 0 Å². The van der Waals surface area contributed by atoms with Crippen LogP contribution in [0.25, 0.3) is 10.9 Å². The molecule has 3 aromatic rings. The molecule has 18 heavy (non-hydrogen) atoms. The number of benzene rings is 2. The van der Waals surface area contributed by atoms with E-state index in [1.54, 1.807) is 0 Å². The molecular formula is C16H16N2. The minimum absolute atomic E-state index is 0.281. The van der Waals surface area contributed by atoms with Crippen LogP contribution in [0.2, 0.25) is 0 Å². The zero-order valence-electron chi connectivity index (χ0n) is 10.4. The summed E-state index contributed by atoms with van der Waals surface area (Å²) in [4.78, 5) is 3.31. The fourth-order valence-corrected chi connectivity index (χ4v) is 2.31. The van der Waals surface area contributed by atoms with Crippen LogP contribution in [0.3, 0.4) is 0 Å². The number of aromatic amines is 1. The highest BCUT2D eigenvalue weighted by molar-refractivity contribution is 5.83. The van der Waals surface area contributed by atoms with Crippen molar-refractivity contribution in [3.05, 3.63) is 66.4 Å². The molecule has 1 unspecified atom stereocenters. The molecule has 2 aromatic carbocycles. The van der Waals surface area contributed by atoms with Gasteiger partial charge < -0.3 is 10.3 Å². The minimum Gasteiger partial charge on any atom is -0.378 e. The van der Waals surface area contributed by atoms with Gasteiger partial charge in [-0.25, -0.2) is 0 Å². The van der Waals surface area contributed by atoms with Gasteiger partial charge in [-0.2, -0.15) is 0 Å². The first-order chi connectivity index (χ1) is 8.84. The Bertz CT molecular complexity index is 640. The predicted octanol–water partition coefficient (Wildman–Crippen LogP) is 4.34. The van der Waals surface area contributed by atoms with E-state index in [1.165, 1.54) is 16.5 Å². The molecule has 2 nitrogen and oxygen atoms in total. The number of aromatic nitrogens is 1. The summed E-state index contributed by atoms with van der Waals surface area (Å²) in [5.74, 6) is 0. The smallest absolute Gasteiger partial charge is 0.0506 e. The molecule has 1 aromatic heterocycles. The van der Waals surface area contributed by atoms with Crippen LogP contribution >= 0.6 is 0 Å². The minimum atomic E-state index is 0.281. The van der Waals surface area contributed by atoms with Crippen molar-refractivity contribution >= 4 is 16.6 Å². The fourth-order valence-electron chi connectivity index (χ4n) is 2.31. The van der Waals surface area contributed by atoms with Crippen LogP contribution in [-0.2, 0) is 0 Å². The molecule has 0 spiro atoms. The lowest BCUT2D eigenvalue weighted by atomic mass is 10.1. The van der Waals surface area contributed by atoms with E-state index in [2.05, 4.69) is 59.8 Å². The molecule has 0 aliphatic rings. The van der Waals surface area contributed by atoms with Gasteiger partial charge in [0.15, 0.2) is 0 Å². The SMILES string of the molecule is CC(Nc1ccccc1)c1c[nH]c2ccccc12. The second-order valence-electron chi connectivity index (χ2n) is 4.52. The Balaban J connectivity index is 1.90. The lowest BCUT2D eigenvalue weighted by Gasteiger charge is -2.14. The molecule has 0 fully saturated rings. The maximum absolute atomic E-state index is 3.52. The Morgan fingerprint density at radius 2 is 1.67 bits per heavy atom. The highest BCUT2D eigenvalue weighted by atomic mass is 14.9. The molecule has 2 N–H and O–H groups in total. The molecule has 0 aliphatic carbocycles. The number of anilines is 1. The van der Waals surface area contributed by atoms with E-state index < -0.39 is 0 Å². The Morgan fingerprint density at radius 1 is 0.944 bits per heavy atom. The lowest BCUT2D eigenvalue weighted by molar-refractivity contribution is 0.894. The second kappa shape index (κ2) is 4.57. The summed E-state index contributed by atoms with van der Waals surface area (Å²) in [5, 5.41) is 4.80. The molecule has 3 rings (SSSR count). The molecule has 0 aliphatic heterocycles. The molecule has 1 atom stereocenters. The quantitative estimate of drug-likeness (QED) is 0.695. The number of hydrogen-bond donors (Lipinski definition) is 2. The molecule has 2 heteroatoms. The third kappa shape index (κ3) is 1.97. The molecule has 0 radical (unpaired) electrons. The van der Waals surface area contributed by atoms with Crippen LogP contribution in [0.5, 0.6) is 0 Å². The first kappa shape index (κ1) is 10.9. The van der Waals surface area contributed by atoms with E-state index in [0.717, 1.165) is 5.69 Å². The van der Waals surface area contributed by atoms with Crippen LogP contribution in [-0.4, -0.2) is 4.98 Å². The molecule has 0 saturated heterocycles. The average molecular weight is 236 g/mol. The first-order valence-corrected chi connectivity index (χ1v) is 6.22. The molecule has 0 saturated carbocycles. The maximum atomic E-state index is 3.52. The second-order valence-corrected chi connectivity index (χ2v) is 4.52.